The molecule has 0 saturated heterocycles. The zero-order valence-electron chi connectivity index (χ0n) is 16.6. The monoisotopic (exact) mass is 394 g/mol. The highest BCUT2D eigenvalue weighted by atomic mass is 32.2. The highest BCUT2D eigenvalue weighted by molar-refractivity contribution is 8.00. The maximum Gasteiger partial charge on any atom is 0.233 e. The molecule has 0 aliphatic rings. The number of hydrogen-bond donors (Lipinski definition) is 1. The average Bonchev–Trinajstić information content (AvgIpc) is 3.13. The Hall–Kier alpha value is -2.60. The second-order valence-electron chi connectivity index (χ2n) is 6.64. The Labute approximate surface area is 170 Å². The summed E-state index contributed by atoms with van der Waals surface area (Å²) < 4.78 is 2.08. The molecule has 146 valence electrons. The van der Waals surface area contributed by atoms with E-state index in [-0.39, 0.29) is 11.2 Å². The summed E-state index contributed by atoms with van der Waals surface area (Å²) in [6.45, 7) is 7.44. The molecule has 0 fully saturated rings. The van der Waals surface area contributed by atoms with Crippen LogP contribution >= 0.6 is 11.8 Å². The molecule has 1 atom stereocenters. The van der Waals surface area contributed by atoms with E-state index in [1.165, 1.54) is 17.3 Å². The van der Waals surface area contributed by atoms with Crippen LogP contribution in [-0.4, -0.2) is 25.9 Å². The van der Waals surface area contributed by atoms with Crippen LogP contribution in [0.1, 0.15) is 31.4 Å². The number of aryl methyl sites for hydroxylation is 1. The Morgan fingerprint density at radius 1 is 1.11 bits per heavy atom. The van der Waals surface area contributed by atoms with Gasteiger partial charge in [-0.25, -0.2) is 0 Å². The summed E-state index contributed by atoms with van der Waals surface area (Å²) in [5, 5.41) is 12.4. The summed E-state index contributed by atoms with van der Waals surface area (Å²) in [6, 6.07) is 18.2. The van der Waals surface area contributed by atoms with Crippen LogP contribution in [0.4, 0.5) is 0 Å². The topological polar surface area (TPSA) is 59.8 Å². The molecule has 1 unspecified atom stereocenters. The first kappa shape index (κ1) is 20.1. The fraction of sp³-hybridized carbons (Fsp3) is 0.318. The van der Waals surface area contributed by atoms with Gasteiger partial charge in [0.1, 0.15) is 0 Å². The Bertz CT molecular complexity index is 923. The Morgan fingerprint density at radius 2 is 1.89 bits per heavy atom. The second-order valence-corrected chi connectivity index (χ2v) is 7.81. The standard InChI is InChI=1S/C22H26N4OS/c1-4-19(21(27)23-15-17-11-7-6-8-12-17)28-22-25-24-20(26(22)5-2)18-13-9-10-16(3)14-18/h6-14,19H,4-5,15H2,1-3H3,(H,23,27). The van der Waals surface area contributed by atoms with Gasteiger partial charge in [0, 0.05) is 18.7 Å². The minimum Gasteiger partial charge on any atom is -0.351 e. The highest BCUT2D eigenvalue weighted by Crippen LogP contribution is 2.28. The molecule has 1 heterocycles. The molecule has 1 amide bonds. The number of carbonyl (C=O) groups is 1. The van der Waals surface area contributed by atoms with Gasteiger partial charge in [-0.05, 0) is 31.9 Å². The molecule has 3 rings (SSSR count). The number of carbonyl (C=O) groups excluding carboxylic acids is 1. The van der Waals surface area contributed by atoms with Gasteiger partial charge in [0.25, 0.3) is 0 Å². The number of amides is 1. The number of aromatic nitrogens is 3. The predicted molar refractivity (Wildman–Crippen MR) is 114 cm³/mol. The van der Waals surface area contributed by atoms with Crippen LogP contribution in [0.15, 0.2) is 59.8 Å². The van der Waals surface area contributed by atoms with Crippen molar-refractivity contribution < 1.29 is 4.79 Å². The van der Waals surface area contributed by atoms with Gasteiger partial charge in [-0.1, -0.05) is 72.8 Å². The molecule has 2 aromatic carbocycles. The van der Waals surface area contributed by atoms with Crippen molar-refractivity contribution in [3.63, 3.8) is 0 Å². The molecule has 0 spiro atoms. The Balaban J connectivity index is 1.73. The molecule has 6 heteroatoms. The Morgan fingerprint density at radius 3 is 2.57 bits per heavy atom. The molecule has 0 radical (unpaired) electrons. The molecular weight excluding hydrogens is 368 g/mol. The van der Waals surface area contributed by atoms with E-state index in [1.807, 2.05) is 49.4 Å². The molecule has 3 aromatic rings. The zero-order valence-corrected chi connectivity index (χ0v) is 17.4. The Kier molecular flexibility index (Phi) is 6.87. The SMILES string of the molecule is CCC(Sc1nnc(-c2cccc(C)c2)n1CC)C(=O)NCc1ccccc1. The van der Waals surface area contributed by atoms with Crippen LogP contribution < -0.4 is 5.32 Å². The van der Waals surface area contributed by atoms with Crippen LogP contribution in [0.2, 0.25) is 0 Å². The molecule has 28 heavy (non-hydrogen) atoms. The predicted octanol–water partition coefficient (Wildman–Crippen LogP) is 4.46. The third-order valence-electron chi connectivity index (χ3n) is 4.53. The zero-order chi connectivity index (χ0) is 19.9. The van der Waals surface area contributed by atoms with Crippen LogP contribution in [0.25, 0.3) is 11.4 Å². The van der Waals surface area contributed by atoms with Gasteiger partial charge in [0.15, 0.2) is 11.0 Å². The van der Waals surface area contributed by atoms with Crippen LogP contribution in [0.5, 0.6) is 0 Å². The summed E-state index contributed by atoms with van der Waals surface area (Å²) >= 11 is 1.48. The molecule has 0 aliphatic heterocycles. The van der Waals surface area contributed by atoms with Gasteiger partial charge < -0.3 is 9.88 Å². The fourth-order valence-electron chi connectivity index (χ4n) is 3.01. The summed E-state index contributed by atoms with van der Waals surface area (Å²) in [6.07, 6.45) is 0.724. The summed E-state index contributed by atoms with van der Waals surface area (Å²) in [5.41, 5.74) is 3.32. The first-order chi connectivity index (χ1) is 13.6. The minimum atomic E-state index is -0.205. The third-order valence-corrected chi connectivity index (χ3v) is 5.87. The molecular formula is C22H26N4OS. The smallest absolute Gasteiger partial charge is 0.233 e. The third kappa shape index (κ3) is 4.81. The maximum absolute atomic E-state index is 12.7. The molecule has 0 bridgehead atoms. The lowest BCUT2D eigenvalue weighted by molar-refractivity contribution is -0.120. The lowest BCUT2D eigenvalue weighted by atomic mass is 10.1. The molecule has 1 aromatic heterocycles. The van der Waals surface area contributed by atoms with E-state index in [9.17, 15) is 4.79 Å². The van der Waals surface area contributed by atoms with E-state index in [4.69, 9.17) is 0 Å². The van der Waals surface area contributed by atoms with E-state index in [0.717, 1.165) is 35.1 Å². The number of rotatable bonds is 8. The van der Waals surface area contributed by atoms with Gasteiger partial charge >= 0.3 is 0 Å². The van der Waals surface area contributed by atoms with E-state index < -0.39 is 0 Å². The van der Waals surface area contributed by atoms with Crippen LogP contribution in [-0.2, 0) is 17.9 Å². The van der Waals surface area contributed by atoms with Gasteiger partial charge in [0.2, 0.25) is 5.91 Å². The number of benzene rings is 2. The highest BCUT2D eigenvalue weighted by Gasteiger charge is 2.22. The number of hydrogen-bond acceptors (Lipinski definition) is 4. The molecule has 0 saturated carbocycles. The van der Waals surface area contributed by atoms with Gasteiger partial charge in [0.05, 0.1) is 5.25 Å². The average molecular weight is 395 g/mol. The normalized spacial score (nSPS) is 12.0. The van der Waals surface area contributed by atoms with Crippen LogP contribution in [0.3, 0.4) is 0 Å². The quantitative estimate of drug-likeness (QED) is 0.573. The van der Waals surface area contributed by atoms with Crippen molar-refractivity contribution in [2.75, 3.05) is 0 Å². The molecule has 5 nitrogen and oxygen atoms in total. The van der Waals surface area contributed by atoms with Crippen molar-refractivity contribution in [2.24, 2.45) is 0 Å². The first-order valence-electron chi connectivity index (χ1n) is 9.60. The van der Waals surface area contributed by atoms with Crippen molar-refractivity contribution >= 4 is 17.7 Å². The largest absolute Gasteiger partial charge is 0.351 e. The van der Waals surface area contributed by atoms with Crippen molar-refractivity contribution in [3.05, 3.63) is 65.7 Å². The summed E-state index contributed by atoms with van der Waals surface area (Å²) in [5.74, 6) is 0.868. The van der Waals surface area contributed by atoms with Crippen LogP contribution in [0, 0.1) is 6.92 Å². The van der Waals surface area contributed by atoms with E-state index >= 15 is 0 Å². The van der Waals surface area contributed by atoms with Gasteiger partial charge in [-0.15, -0.1) is 10.2 Å². The second kappa shape index (κ2) is 9.55. The van der Waals surface area contributed by atoms with E-state index in [0.29, 0.717) is 6.54 Å². The first-order valence-corrected chi connectivity index (χ1v) is 10.5. The molecule has 0 aliphatic carbocycles. The fourth-order valence-corrected chi connectivity index (χ4v) is 4.05. The number of thioether (sulfide) groups is 1. The van der Waals surface area contributed by atoms with Gasteiger partial charge in [-0.2, -0.15) is 0 Å². The van der Waals surface area contributed by atoms with Crippen molar-refractivity contribution in [2.45, 2.75) is 50.7 Å². The lowest BCUT2D eigenvalue weighted by Gasteiger charge is -2.15. The van der Waals surface area contributed by atoms with Crippen molar-refractivity contribution in [1.82, 2.24) is 20.1 Å². The van der Waals surface area contributed by atoms with Crippen molar-refractivity contribution in [1.29, 1.82) is 0 Å². The summed E-state index contributed by atoms with van der Waals surface area (Å²) in [7, 11) is 0. The van der Waals surface area contributed by atoms with E-state index in [2.05, 4.69) is 46.1 Å². The number of nitrogens with one attached hydrogen (secondary N) is 1. The summed E-state index contributed by atoms with van der Waals surface area (Å²) in [4.78, 5) is 12.7. The number of nitrogens with zero attached hydrogens (tertiary/aromatic N) is 3. The van der Waals surface area contributed by atoms with Gasteiger partial charge in [-0.3, -0.25) is 4.79 Å². The molecule has 1 N–H and O–H groups in total. The van der Waals surface area contributed by atoms with E-state index in [1.54, 1.807) is 0 Å². The minimum absolute atomic E-state index is 0.0270. The van der Waals surface area contributed by atoms with Crippen molar-refractivity contribution in [3.8, 4) is 11.4 Å². The maximum atomic E-state index is 12.7. The lowest BCUT2D eigenvalue weighted by Crippen LogP contribution is -2.32.